The Labute approximate surface area is 81.4 Å². The van der Waals surface area contributed by atoms with Gasteiger partial charge in [-0.05, 0) is 0 Å². The summed E-state index contributed by atoms with van der Waals surface area (Å²) in [5.41, 5.74) is 1.75. The van der Waals surface area contributed by atoms with E-state index >= 15 is 0 Å². The molecule has 2 aromatic heterocycles. The maximum Gasteiger partial charge on any atom is 0.254 e. The highest BCUT2D eigenvalue weighted by Crippen LogP contribution is 2.21. The zero-order chi connectivity index (χ0) is 10.3. The molecule has 0 saturated heterocycles. The highest BCUT2D eigenvalue weighted by Gasteiger charge is 2.18. The number of nitrogens with one attached hydrogen (secondary N) is 1. The largest absolute Gasteiger partial charge is 0.294 e. The van der Waals surface area contributed by atoms with Crippen LogP contribution in [0.2, 0.25) is 0 Å². The molecule has 2 aromatic rings. The minimum Gasteiger partial charge on any atom is -0.294 e. The van der Waals surface area contributed by atoms with Crippen molar-refractivity contribution in [2.75, 3.05) is 0 Å². The van der Waals surface area contributed by atoms with Crippen molar-refractivity contribution in [2.45, 2.75) is 26.2 Å². The molecule has 2 rings (SSSR count). The van der Waals surface area contributed by atoms with Crippen molar-refractivity contribution in [1.29, 1.82) is 5.26 Å². The maximum atomic E-state index is 8.74. The van der Waals surface area contributed by atoms with Gasteiger partial charge >= 0.3 is 0 Å². The molecule has 0 saturated carbocycles. The number of aromatic nitrogens is 4. The van der Waals surface area contributed by atoms with Gasteiger partial charge in [0, 0.05) is 17.2 Å². The van der Waals surface area contributed by atoms with E-state index < -0.39 is 0 Å². The number of H-pyrrole nitrogens is 1. The first kappa shape index (κ1) is 8.75. The van der Waals surface area contributed by atoms with Crippen molar-refractivity contribution < 1.29 is 0 Å². The van der Waals surface area contributed by atoms with Gasteiger partial charge in [0.05, 0.1) is 0 Å². The third-order valence-electron chi connectivity index (χ3n) is 2.10. The second-order valence-corrected chi connectivity index (χ2v) is 4.25. The Hall–Kier alpha value is -1.83. The first-order chi connectivity index (χ1) is 6.52. The minimum atomic E-state index is 0.0213. The van der Waals surface area contributed by atoms with E-state index in [-0.39, 0.29) is 11.2 Å². The number of nitrogens with zero attached hydrogens (tertiary/aromatic N) is 4. The fraction of sp³-hybridized carbons (Fsp3) is 0.444. The molecule has 72 valence electrons. The maximum absolute atomic E-state index is 8.74. The van der Waals surface area contributed by atoms with E-state index in [1.54, 1.807) is 4.52 Å². The van der Waals surface area contributed by atoms with Crippen molar-refractivity contribution in [1.82, 2.24) is 19.8 Å². The van der Waals surface area contributed by atoms with Gasteiger partial charge in [-0.1, -0.05) is 20.8 Å². The Bertz CT molecular complexity index is 505. The summed E-state index contributed by atoms with van der Waals surface area (Å²) >= 11 is 0. The molecule has 5 heteroatoms. The summed E-state index contributed by atoms with van der Waals surface area (Å²) in [5.74, 6) is 0.288. The van der Waals surface area contributed by atoms with Crippen LogP contribution in [0.1, 0.15) is 32.3 Å². The van der Waals surface area contributed by atoms with E-state index in [9.17, 15) is 0 Å². The standard InChI is InChI=1S/C9H11N5/c1-9(2,3)6-4-7-11-12-8(5-10)14(7)13-6/h4,13H,1-3H3. The normalized spacial score (nSPS) is 11.9. The zero-order valence-electron chi connectivity index (χ0n) is 8.37. The average molecular weight is 189 g/mol. The van der Waals surface area contributed by atoms with Crippen molar-refractivity contribution >= 4 is 5.65 Å². The molecule has 0 aliphatic carbocycles. The van der Waals surface area contributed by atoms with Crippen LogP contribution in [0.5, 0.6) is 0 Å². The van der Waals surface area contributed by atoms with Crippen LogP contribution in [0.3, 0.4) is 0 Å². The minimum absolute atomic E-state index is 0.0213. The van der Waals surface area contributed by atoms with E-state index in [4.69, 9.17) is 5.26 Å². The van der Waals surface area contributed by atoms with Gasteiger partial charge in [0.15, 0.2) is 5.65 Å². The molecular weight excluding hydrogens is 178 g/mol. The van der Waals surface area contributed by atoms with Gasteiger partial charge in [-0.3, -0.25) is 5.10 Å². The molecule has 0 aliphatic heterocycles. The number of aromatic amines is 1. The summed E-state index contributed by atoms with van der Waals surface area (Å²) in [6, 6.07) is 3.88. The summed E-state index contributed by atoms with van der Waals surface area (Å²) in [4.78, 5) is 0. The summed E-state index contributed by atoms with van der Waals surface area (Å²) < 4.78 is 1.60. The van der Waals surface area contributed by atoms with E-state index in [2.05, 4.69) is 36.1 Å². The van der Waals surface area contributed by atoms with E-state index in [0.29, 0.717) is 5.65 Å². The summed E-state index contributed by atoms with van der Waals surface area (Å²) in [7, 11) is 0. The fourth-order valence-corrected chi connectivity index (χ4v) is 1.24. The van der Waals surface area contributed by atoms with Gasteiger partial charge in [0.1, 0.15) is 6.07 Å². The SMILES string of the molecule is CC(C)(C)c1cc2nnc(C#N)n2[nH]1. The van der Waals surface area contributed by atoms with Gasteiger partial charge in [0.2, 0.25) is 0 Å². The monoisotopic (exact) mass is 189 g/mol. The second-order valence-electron chi connectivity index (χ2n) is 4.25. The lowest BCUT2D eigenvalue weighted by molar-refractivity contribution is 0.562. The number of rotatable bonds is 0. The molecule has 0 aliphatic rings. The van der Waals surface area contributed by atoms with Crippen molar-refractivity contribution in [3.8, 4) is 6.07 Å². The molecule has 0 unspecified atom stereocenters. The smallest absolute Gasteiger partial charge is 0.254 e. The van der Waals surface area contributed by atoms with E-state index in [1.807, 2.05) is 12.1 Å². The second kappa shape index (κ2) is 2.58. The third kappa shape index (κ3) is 1.16. The van der Waals surface area contributed by atoms with Gasteiger partial charge < -0.3 is 0 Å². The van der Waals surface area contributed by atoms with Crippen LogP contribution in [0.15, 0.2) is 6.07 Å². The van der Waals surface area contributed by atoms with Gasteiger partial charge in [-0.2, -0.15) is 5.26 Å². The first-order valence-corrected chi connectivity index (χ1v) is 4.37. The zero-order valence-corrected chi connectivity index (χ0v) is 8.37. The van der Waals surface area contributed by atoms with Crippen LogP contribution in [0, 0.1) is 11.3 Å². The van der Waals surface area contributed by atoms with Crippen molar-refractivity contribution in [2.24, 2.45) is 0 Å². The molecule has 0 aromatic carbocycles. The third-order valence-corrected chi connectivity index (χ3v) is 2.10. The van der Waals surface area contributed by atoms with E-state index in [1.165, 1.54) is 0 Å². The van der Waals surface area contributed by atoms with Crippen molar-refractivity contribution in [3.05, 3.63) is 17.6 Å². The lowest BCUT2D eigenvalue weighted by Crippen LogP contribution is -2.12. The molecule has 0 atom stereocenters. The van der Waals surface area contributed by atoms with Crippen LogP contribution in [-0.2, 0) is 5.41 Å². The predicted octanol–water partition coefficient (Wildman–Crippen LogP) is 1.23. The number of nitriles is 1. The molecule has 2 heterocycles. The number of hydrogen-bond donors (Lipinski definition) is 1. The molecule has 1 N–H and O–H groups in total. The lowest BCUT2D eigenvalue weighted by atomic mass is 9.93. The Morgan fingerprint density at radius 3 is 2.71 bits per heavy atom. The molecule has 0 spiro atoms. The Morgan fingerprint density at radius 2 is 2.14 bits per heavy atom. The fourth-order valence-electron chi connectivity index (χ4n) is 1.24. The lowest BCUT2D eigenvalue weighted by Gasteiger charge is -2.14. The molecule has 14 heavy (non-hydrogen) atoms. The Balaban J connectivity index is 2.65. The number of fused-ring (bicyclic) bond motifs is 1. The molecule has 0 bridgehead atoms. The van der Waals surface area contributed by atoms with Crippen LogP contribution in [0.25, 0.3) is 5.65 Å². The summed E-state index contributed by atoms with van der Waals surface area (Å²) in [5, 5.41) is 19.4. The number of hydrogen-bond acceptors (Lipinski definition) is 3. The van der Waals surface area contributed by atoms with Gasteiger partial charge in [0.25, 0.3) is 5.82 Å². The predicted molar refractivity (Wildman–Crippen MR) is 50.8 cm³/mol. The highest BCUT2D eigenvalue weighted by molar-refractivity contribution is 5.42. The highest BCUT2D eigenvalue weighted by atomic mass is 15.4. The van der Waals surface area contributed by atoms with Crippen LogP contribution < -0.4 is 0 Å². The molecule has 5 nitrogen and oxygen atoms in total. The van der Waals surface area contributed by atoms with Crippen LogP contribution >= 0.6 is 0 Å². The van der Waals surface area contributed by atoms with Crippen molar-refractivity contribution in [3.63, 3.8) is 0 Å². The molecule has 0 amide bonds. The quantitative estimate of drug-likeness (QED) is 0.677. The molecule has 0 radical (unpaired) electrons. The van der Waals surface area contributed by atoms with Crippen LogP contribution in [0.4, 0.5) is 0 Å². The molecule has 0 fully saturated rings. The van der Waals surface area contributed by atoms with Gasteiger partial charge in [-0.25, -0.2) is 4.52 Å². The summed E-state index contributed by atoms with van der Waals surface area (Å²) in [6.45, 7) is 6.28. The van der Waals surface area contributed by atoms with E-state index in [0.717, 1.165) is 5.69 Å². The Morgan fingerprint density at radius 1 is 1.43 bits per heavy atom. The first-order valence-electron chi connectivity index (χ1n) is 4.37. The van der Waals surface area contributed by atoms with Gasteiger partial charge in [-0.15, -0.1) is 10.2 Å². The topological polar surface area (TPSA) is 69.8 Å². The molecular formula is C9H11N5. The summed E-state index contributed by atoms with van der Waals surface area (Å²) in [6.07, 6.45) is 0. The average Bonchev–Trinajstić information content (AvgIpc) is 2.58. The Kier molecular flexibility index (Phi) is 1.61. The van der Waals surface area contributed by atoms with Crippen LogP contribution in [-0.4, -0.2) is 19.8 Å².